The van der Waals surface area contributed by atoms with Crippen LogP contribution in [-0.4, -0.2) is 26.5 Å². The van der Waals surface area contributed by atoms with Crippen LogP contribution < -0.4 is 10.0 Å². The summed E-state index contributed by atoms with van der Waals surface area (Å²) in [5.41, 5.74) is 0.714. The molecule has 0 saturated carbocycles. The summed E-state index contributed by atoms with van der Waals surface area (Å²) in [6.07, 6.45) is 4.75. The average Bonchev–Trinajstić information content (AvgIpc) is 2.30. The summed E-state index contributed by atoms with van der Waals surface area (Å²) in [7, 11) is -3.43. The zero-order chi connectivity index (χ0) is 12.7. The van der Waals surface area contributed by atoms with E-state index in [9.17, 15) is 8.42 Å². The Labute approximate surface area is 103 Å². The first-order valence-corrected chi connectivity index (χ1v) is 7.27. The van der Waals surface area contributed by atoms with Gasteiger partial charge in [0.1, 0.15) is 4.90 Å². The molecule has 0 aliphatic rings. The van der Waals surface area contributed by atoms with Gasteiger partial charge in [-0.2, -0.15) is 0 Å². The van der Waals surface area contributed by atoms with E-state index in [1.807, 2.05) is 13.8 Å². The molecule has 0 fully saturated rings. The third kappa shape index (κ3) is 4.32. The Kier molecular flexibility index (Phi) is 5.37. The predicted molar refractivity (Wildman–Crippen MR) is 68.5 cm³/mol. The van der Waals surface area contributed by atoms with Crippen LogP contribution in [0.2, 0.25) is 0 Å². The molecule has 1 aromatic heterocycles. The Morgan fingerprint density at radius 2 is 2.06 bits per heavy atom. The van der Waals surface area contributed by atoms with Gasteiger partial charge in [-0.15, -0.1) is 0 Å². The fraction of sp³-hybridized carbons (Fsp3) is 0.545. The van der Waals surface area contributed by atoms with Gasteiger partial charge in [0.25, 0.3) is 0 Å². The topological polar surface area (TPSA) is 71.1 Å². The second-order valence-corrected chi connectivity index (χ2v) is 5.46. The van der Waals surface area contributed by atoms with Gasteiger partial charge in [-0.3, -0.25) is 4.98 Å². The van der Waals surface area contributed by atoms with Gasteiger partial charge in [-0.25, -0.2) is 13.1 Å². The third-order valence-corrected chi connectivity index (χ3v) is 3.65. The van der Waals surface area contributed by atoms with Crippen molar-refractivity contribution < 1.29 is 8.42 Å². The van der Waals surface area contributed by atoms with Crippen molar-refractivity contribution in [1.82, 2.24) is 9.71 Å². The van der Waals surface area contributed by atoms with Crippen LogP contribution in [0.5, 0.6) is 0 Å². The molecule has 0 bridgehead atoms. The van der Waals surface area contributed by atoms with Gasteiger partial charge in [0.15, 0.2) is 0 Å². The number of nitrogens with zero attached hydrogens (tertiary/aromatic N) is 1. The van der Waals surface area contributed by atoms with Crippen LogP contribution in [-0.2, 0) is 10.0 Å². The van der Waals surface area contributed by atoms with Gasteiger partial charge < -0.3 is 5.32 Å². The number of aromatic nitrogens is 1. The lowest BCUT2D eigenvalue weighted by molar-refractivity contribution is 0.578. The molecule has 0 amide bonds. The minimum atomic E-state index is -3.43. The summed E-state index contributed by atoms with van der Waals surface area (Å²) in [5, 5.41) is 3.03. The molecule has 0 aliphatic heterocycles. The first-order valence-electron chi connectivity index (χ1n) is 5.78. The van der Waals surface area contributed by atoms with Gasteiger partial charge in [0, 0.05) is 19.3 Å². The van der Waals surface area contributed by atoms with Gasteiger partial charge in [0.2, 0.25) is 10.0 Å². The molecule has 0 aliphatic carbocycles. The van der Waals surface area contributed by atoms with Crippen molar-refractivity contribution in [3.63, 3.8) is 0 Å². The van der Waals surface area contributed by atoms with E-state index in [1.165, 1.54) is 6.20 Å². The second-order valence-electron chi connectivity index (χ2n) is 3.69. The summed E-state index contributed by atoms with van der Waals surface area (Å²) in [6.45, 7) is 5.15. The molecule has 1 heterocycles. The maximum absolute atomic E-state index is 11.9. The van der Waals surface area contributed by atoms with E-state index in [0.29, 0.717) is 12.2 Å². The molecule has 1 rings (SSSR count). The highest BCUT2D eigenvalue weighted by atomic mass is 32.2. The molecule has 0 saturated heterocycles. The van der Waals surface area contributed by atoms with E-state index in [2.05, 4.69) is 15.0 Å². The van der Waals surface area contributed by atoms with Crippen LogP contribution >= 0.6 is 0 Å². The standard InChI is InChI=1S/C11H19N3O2S/c1-3-5-6-14-17(15,16)11-7-10(13-4-2)8-12-9-11/h7-9,13-14H,3-6H2,1-2H3. The zero-order valence-electron chi connectivity index (χ0n) is 10.2. The van der Waals surface area contributed by atoms with Crippen LogP contribution in [0.3, 0.4) is 0 Å². The van der Waals surface area contributed by atoms with Crippen LogP contribution in [0.15, 0.2) is 23.4 Å². The molecule has 2 N–H and O–H groups in total. The molecule has 1 aromatic rings. The van der Waals surface area contributed by atoms with Gasteiger partial charge in [-0.1, -0.05) is 13.3 Å². The molecule has 96 valence electrons. The number of hydrogen-bond acceptors (Lipinski definition) is 4. The summed E-state index contributed by atoms with van der Waals surface area (Å²) in [5.74, 6) is 0. The minimum Gasteiger partial charge on any atom is -0.384 e. The largest absolute Gasteiger partial charge is 0.384 e. The normalized spacial score (nSPS) is 11.4. The molecule has 5 nitrogen and oxygen atoms in total. The van der Waals surface area contributed by atoms with Crippen LogP contribution in [0.1, 0.15) is 26.7 Å². The maximum atomic E-state index is 11.9. The predicted octanol–water partition coefficient (Wildman–Crippen LogP) is 1.59. The van der Waals surface area contributed by atoms with Crippen LogP contribution in [0.25, 0.3) is 0 Å². The summed E-state index contributed by atoms with van der Waals surface area (Å²) >= 11 is 0. The Morgan fingerprint density at radius 1 is 1.29 bits per heavy atom. The highest BCUT2D eigenvalue weighted by Gasteiger charge is 2.13. The van der Waals surface area contributed by atoms with Gasteiger partial charge >= 0.3 is 0 Å². The van der Waals surface area contributed by atoms with E-state index >= 15 is 0 Å². The maximum Gasteiger partial charge on any atom is 0.242 e. The van der Waals surface area contributed by atoms with Crippen LogP contribution in [0.4, 0.5) is 5.69 Å². The molecular formula is C11H19N3O2S. The van der Waals surface area contributed by atoms with Crippen molar-refractivity contribution in [2.24, 2.45) is 0 Å². The highest BCUT2D eigenvalue weighted by Crippen LogP contribution is 2.13. The molecule has 6 heteroatoms. The first kappa shape index (κ1) is 13.9. The lowest BCUT2D eigenvalue weighted by atomic mass is 10.3. The smallest absolute Gasteiger partial charge is 0.242 e. The first-order chi connectivity index (χ1) is 8.10. The van der Waals surface area contributed by atoms with Gasteiger partial charge in [-0.05, 0) is 19.4 Å². The quantitative estimate of drug-likeness (QED) is 0.728. The minimum absolute atomic E-state index is 0.201. The van der Waals surface area contributed by atoms with E-state index in [4.69, 9.17) is 0 Å². The molecule has 0 radical (unpaired) electrons. The Balaban J connectivity index is 2.79. The van der Waals surface area contributed by atoms with E-state index in [0.717, 1.165) is 19.4 Å². The lowest BCUT2D eigenvalue weighted by Gasteiger charge is -2.08. The molecule has 17 heavy (non-hydrogen) atoms. The second kappa shape index (κ2) is 6.56. The Hall–Kier alpha value is -1.14. The lowest BCUT2D eigenvalue weighted by Crippen LogP contribution is -2.24. The number of pyridine rings is 1. The van der Waals surface area contributed by atoms with Crippen molar-refractivity contribution in [3.8, 4) is 0 Å². The number of anilines is 1. The summed E-state index contributed by atoms with van der Waals surface area (Å²) in [4.78, 5) is 4.12. The number of hydrogen-bond donors (Lipinski definition) is 2. The van der Waals surface area contributed by atoms with Gasteiger partial charge in [0.05, 0.1) is 11.9 Å². The Bertz CT molecular complexity index is 446. The number of nitrogens with one attached hydrogen (secondary N) is 2. The van der Waals surface area contributed by atoms with E-state index < -0.39 is 10.0 Å². The zero-order valence-corrected chi connectivity index (χ0v) is 11.0. The fourth-order valence-electron chi connectivity index (χ4n) is 1.33. The third-order valence-electron chi connectivity index (χ3n) is 2.23. The molecule has 0 spiro atoms. The molecule has 0 atom stereocenters. The number of rotatable bonds is 7. The van der Waals surface area contributed by atoms with Crippen LogP contribution in [0, 0.1) is 0 Å². The van der Waals surface area contributed by atoms with Crippen molar-refractivity contribution in [2.75, 3.05) is 18.4 Å². The van der Waals surface area contributed by atoms with Crippen molar-refractivity contribution in [3.05, 3.63) is 18.5 Å². The molecule has 0 unspecified atom stereocenters. The monoisotopic (exact) mass is 257 g/mol. The Morgan fingerprint density at radius 3 is 2.71 bits per heavy atom. The summed E-state index contributed by atoms with van der Waals surface area (Å²) < 4.78 is 26.3. The average molecular weight is 257 g/mol. The molecular weight excluding hydrogens is 238 g/mol. The fourth-order valence-corrected chi connectivity index (χ4v) is 2.39. The van der Waals surface area contributed by atoms with E-state index in [1.54, 1.807) is 12.3 Å². The van der Waals surface area contributed by atoms with Crippen molar-refractivity contribution >= 4 is 15.7 Å². The highest BCUT2D eigenvalue weighted by molar-refractivity contribution is 7.89. The SMILES string of the molecule is CCCCNS(=O)(=O)c1cncc(NCC)c1. The van der Waals surface area contributed by atoms with Crippen molar-refractivity contribution in [2.45, 2.75) is 31.6 Å². The summed E-state index contributed by atoms with van der Waals surface area (Å²) in [6, 6.07) is 1.59. The van der Waals surface area contributed by atoms with Crippen molar-refractivity contribution in [1.29, 1.82) is 0 Å². The number of sulfonamides is 1. The number of unbranched alkanes of at least 4 members (excludes halogenated alkanes) is 1. The van der Waals surface area contributed by atoms with E-state index in [-0.39, 0.29) is 4.90 Å². The molecule has 0 aromatic carbocycles.